The van der Waals surface area contributed by atoms with E-state index in [0.29, 0.717) is 16.3 Å². The van der Waals surface area contributed by atoms with Gasteiger partial charge in [-0.05, 0) is 68.5 Å². The van der Waals surface area contributed by atoms with Gasteiger partial charge in [-0.2, -0.15) is 4.08 Å². The lowest BCUT2D eigenvalue weighted by atomic mass is 10.2. The summed E-state index contributed by atoms with van der Waals surface area (Å²) < 4.78 is 39.4. The van der Waals surface area contributed by atoms with Gasteiger partial charge in [0.05, 0.1) is 23.8 Å². The van der Waals surface area contributed by atoms with Crippen molar-refractivity contribution >= 4 is 45.8 Å². The van der Waals surface area contributed by atoms with Gasteiger partial charge in [0.1, 0.15) is 0 Å². The van der Waals surface area contributed by atoms with Crippen LogP contribution in [0.15, 0.2) is 53.4 Å². The van der Waals surface area contributed by atoms with Gasteiger partial charge in [-0.15, -0.1) is 0 Å². The van der Waals surface area contributed by atoms with Gasteiger partial charge in [0.25, 0.3) is 10.0 Å². The fourth-order valence-corrected chi connectivity index (χ4v) is 8.51. The molecular weight excluding hydrogens is 413 g/mol. The second kappa shape index (κ2) is 8.83. The quantitative estimate of drug-likeness (QED) is 0.539. The van der Waals surface area contributed by atoms with Crippen molar-refractivity contribution in [3.8, 4) is 0 Å². The SMILES string of the molecule is CCOP(=S)(OCC)N(c1ccc(Cl)cc1C)S(=O)(=O)c1ccccc1. The summed E-state index contributed by atoms with van der Waals surface area (Å²) >= 11 is 11.7. The Kier molecular flexibility index (Phi) is 7.25. The van der Waals surface area contributed by atoms with Crippen molar-refractivity contribution in [3.63, 3.8) is 0 Å². The molecule has 0 spiro atoms. The third kappa shape index (κ3) is 4.47. The minimum absolute atomic E-state index is 0.114. The molecule has 0 amide bonds. The third-order valence-electron chi connectivity index (χ3n) is 3.44. The topological polar surface area (TPSA) is 55.8 Å². The summed E-state index contributed by atoms with van der Waals surface area (Å²) in [7, 11) is -4.01. The predicted octanol–water partition coefficient (Wildman–Crippen LogP) is 5.14. The molecule has 0 N–H and O–H groups in total. The molecule has 9 heteroatoms. The number of hydrogen-bond donors (Lipinski definition) is 0. The fraction of sp³-hybridized carbons (Fsp3) is 0.294. The van der Waals surface area contributed by atoms with E-state index in [-0.39, 0.29) is 18.1 Å². The van der Waals surface area contributed by atoms with E-state index in [9.17, 15) is 8.42 Å². The number of rotatable bonds is 8. The molecule has 0 heterocycles. The summed E-state index contributed by atoms with van der Waals surface area (Å²) in [5.74, 6) is 0. The van der Waals surface area contributed by atoms with Crippen LogP contribution in [0, 0.1) is 6.92 Å². The van der Waals surface area contributed by atoms with E-state index in [1.807, 2.05) is 0 Å². The zero-order valence-electron chi connectivity index (χ0n) is 14.8. The first-order valence-electron chi connectivity index (χ1n) is 8.02. The van der Waals surface area contributed by atoms with Crippen LogP contribution >= 0.6 is 18.2 Å². The highest BCUT2D eigenvalue weighted by atomic mass is 35.5. The van der Waals surface area contributed by atoms with E-state index in [0.717, 1.165) is 4.08 Å². The van der Waals surface area contributed by atoms with Gasteiger partial charge in [-0.3, -0.25) is 0 Å². The Bertz CT molecular complexity index is 896. The highest BCUT2D eigenvalue weighted by Crippen LogP contribution is 2.57. The number of aryl methyl sites for hydroxylation is 1. The molecule has 0 saturated carbocycles. The molecule has 0 radical (unpaired) electrons. The highest BCUT2D eigenvalue weighted by Gasteiger charge is 2.40. The number of sulfonamides is 1. The van der Waals surface area contributed by atoms with E-state index >= 15 is 0 Å². The summed E-state index contributed by atoms with van der Waals surface area (Å²) in [5, 5.41) is 0.504. The van der Waals surface area contributed by atoms with Crippen LogP contribution in [0.2, 0.25) is 5.02 Å². The molecule has 0 bridgehead atoms. The Hall–Kier alpha value is -0.950. The lowest BCUT2D eigenvalue weighted by molar-refractivity contribution is 0.267. The number of anilines is 1. The molecule has 0 aliphatic carbocycles. The van der Waals surface area contributed by atoms with Crippen LogP contribution in [0.1, 0.15) is 19.4 Å². The standard InChI is InChI=1S/C17H21ClNO4PS2/c1-4-22-24(25,23-5-2)19(17-12-11-15(18)13-14(17)3)26(20,21)16-9-7-6-8-10-16/h6-13H,4-5H2,1-3H3. The first kappa shape index (κ1) is 21.4. The molecule has 0 aromatic heterocycles. The first-order chi connectivity index (χ1) is 12.3. The number of hydrogen-bond acceptors (Lipinski definition) is 5. The molecule has 0 saturated heterocycles. The van der Waals surface area contributed by atoms with Gasteiger partial charge in [0.15, 0.2) is 0 Å². The Morgan fingerprint density at radius 3 is 2.15 bits per heavy atom. The van der Waals surface area contributed by atoms with Crippen LogP contribution in [0.5, 0.6) is 0 Å². The van der Waals surface area contributed by atoms with Crippen molar-refractivity contribution in [3.05, 3.63) is 59.1 Å². The Morgan fingerprint density at radius 2 is 1.65 bits per heavy atom. The van der Waals surface area contributed by atoms with Crippen molar-refractivity contribution < 1.29 is 17.5 Å². The van der Waals surface area contributed by atoms with Gasteiger partial charge in [0.2, 0.25) is 0 Å². The highest BCUT2D eigenvalue weighted by molar-refractivity contribution is 8.17. The summed E-state index contributed by atoms with van der Waals surface area (Å²) in [6.45, 7) is 2.38. The van der Waals surface area contributed by atoms with Crippen molar-refractivity contribution in [2.24, 2.45) is 0 Å². The van der Waals surface area contributed by atoms with Crippen LogP contribution in [0.4, 0.5) is 5.69 Å². The smallest absolute Gasteiger partial charge is 0.304 e. The van der Waals surface area contributed by atoms with Gasteiger partial charge in [-0.25, -0.2) is 8.42 Å². The van der Waals surface area contributed by atoms with Crippen molar-refractivity contribution in [1.82, 2.24) is 0 Å². The molecule has 2 rings (SSSR count). The summed E-state index contributed by atoms with van der Waals surface area (Å²) in [6.07, 6.45) is 0. The third-order valence-corrected chi connectivity index (χ3v) is 9.75. The minimum atomic E-state index is -4.01. The molecule has 5 nitrogen and oxygen atoms in total. The molecule has 26 heavy (non-hydrogen) atoms. The van der Waals surface area contributed by atoms with Crippen molar-refractivity contribution in [2.45, 2.75) is 25.7 Å². The lowest BCUT2D eigenvalue weighted by Crippen LogP contribution is -2.30. The first-order valence-corrected chi connectivity index (χ1v) is 12.4. The van der Waals surface area contributed by atoms with Crippen molar-refractivity contribution in [2.75, 3.05) is 17.3 Å². The predicted molar refractivity (Wildman–Crippen MR) is 110 cm³/mol. The zero-order chi connectivity index (χ0) is 19.4. The Labute approximate surface area is 165 Å². The molecule has 0 aliphatic rings. The van der Waals surface area contributed by atoms with Crippen LogP contribution in [-0.4, -0.2) is 21.6 Å². The van der Waals surface area contributed by atoms with Crippen LogP contribution in [0.3, 0.4) is 0 Å². The van der Waals surface area contributed by atoms with Gasteiger partial charge >= 0.3 is 6.64 Å². The maximum atomic E-state index is 13.5. The van der Waals surface area contributed by atoms with E-state index in [1.165, 1.54) is 12.1 Å². The minimum Gasteiger partial charge on any atom is -0.313 e. The molecular formula is C17H21ClNO4PS2. The fourth-order valence-electron chi connectivity index (χ4n) is 2.39. The average Bonchev–Trinajstić information content (AvgIpc) is 2.58. The van der Waals surface area contributed by atoms with E-state index < -0.39 is 16.7 Å². The molecule has 0 unspecified atom stereocenters. The summed E-state index contributed by atoms with van der Waals surface area (Å²) in [5.41, 5.74) is 1.05. The summed E-state index contributed by atoms with van der Waals surface area (Å²) in [6, 6.07) is 13.0. The molecule has 2 aromatic carbocycles. The number of halogens is 1. The van der Waals surface area contributed by atoms with Crippen LogP contribution < -0.4 is 4.08 Å². The summed E-state index contributed by atoms with van der Waals surface area (Å²) in [4.78, 5) is 0.114. The van der Waals surface area contributed by atoms with Crippen molar-refractivity contribution in [1.29, 1.82) is 0 Å². The lowest BCUT2D eigenvalue weighted by Gasteiger charge is -2.34. The van der Waals surface area contributed by atoms with Gasteiger partial charge in [0, 0.05) is 5.02 Å². The maximum Gasteiger partial charge on any atom is 0.304 e. The normalized spacial score (nSPS) is 12.2. The van der Waals surface area contributed by atoms with Crippen LogP contribution in [0.25, 0.3) is 0 Å². The average molecular weight is 434 g/mol. The number of nitrogens with zero attached hydrogens (tertiary/aromatic N) is 1. The second-order valence-corrected chi connectivity index (χ2v) is 11.0. The monoisotopic (exact) mass is 433 g/mol. The molecule has 0 fully saturated rings. The Balaban J connectivity index is 2.76. The second-order valence-electron chi connectivity index (χ2n) is 5.30. The molecule has 2 aromatic rings. The van der Waals surface area contributed by atoms with Gasteiger partial charge < -0.3 is 9.05 Å². The molecule has 0 aliphatic heterocycles. The molecule has 142 valence electrons. The largest absolute Gasteiger partial charge is 0.313 e. The number of benzene rings is 2. The maximum absolute atomic E-state index is 13.5. The van der Waals surface area contributed by atoms with Gasteiger partial charge in [-0.1, -0.05) is 29.8 Å². The van der Waals surface area contributed by atoms with E-state index in [2.05, 4.69) is 0 Å². The molecule has 0 atom stereocenters. The van der Waals surface area contributed by atoms with Crippen LogP contribution in [-0.2, 0) is 30.9 Å². The zero-order valence-corrected chi connectivity index (χ0v) is 18.0. The Morgan fingerprint density at radius 1 is 1.08 bits per heavy atom. The van der Waals surface area contributed by atoms with E-state index in [1.54, 1.807) is 57.2 Å². The van der Waals surface area contributed by atoms with E-state index in [4.69, 9.17) is 32.5 Å².